The molecule has 4 rings (SSSR count). The number of carboxylic acid groups (broad SMARTS) is 1. The zero-order chi connectivity index (χ0) is 20.5. The second kappa shape index (κ2) is 7.99. The molecule has 1 aromatic heterocycles. The first-order chi connectivity index (χ1) is 14.0. The summed E-state index contributed by atoms with van der Waals surface area (Å²) in [7, 11) is 1.62. The number of rotatable bonds is 4. The molecule has 1 N–H and O–H groups in total. The van der Waals surface area contributed by atoms with E-state index < -0.39 is 11.9 Å². The molecule has 2 fully saturated rings. The molecule has 0 spiro atoms. The van der Waals surface area contributed by atoms with Crippen molar-refractivity contribution in [2.45, 2.75) is 32.3 Å². The maximum Gasteiger partial charge on any atom is 0.309 e. The van der Waals surface area contributed by atoms with E-state index in [0.29, 0.717) is 37.4 Å². The fourth-order valence-electron chi connectivity index (χ4n) is 4.53. The van der Waals surface area contributed by atoms with Gasteiger partial charge in [-0.3, -0.25) is 14.6 Å². The van der Waals surface area contributed by atoms with E-state index >= 15 is 0 Å². The van der Waals surface area contributed by atoms with Gasteiger partial charge in [-0.2, -0.15) is 0 Å². The number of aliphatic carboxylic acids is 1. The summed E-state index contributed by atoms with van der Waals surface area (Å²) in [6, 6.07) is 7.53. The van der Waals surface area contributed by atoms with E-state index in [1.165, 1.54) is 0 Å². The number of carbonyl (C=O) groups is 2. The summed E-state index contributed by atoms with van der Waals surface area (Å²) in [6.45, 7) is 3.57. The van der Waals surface area contributed by atoms with Crippen LogP contribution in [0, 0.1) is 18.8 Å². The van der Waals surface area contributed by atoms with Gasteiger partial charge in [0.2, 0.25) is 0 Å². The molecule has 0 aliphatic carbocycles. The van der Waals surface area contributed by atoms with Gasteiger partial charge in [0.25, 0.3) is 5.91 Å². The number of aromatic nitrogens is 1. The molecule has 2 aromatic rings. The first-order valence-corrected chi connectivity index (χ1v) is 10.1. The lowest BCUT2D eigenvalue weighted by Crippen LogP contribution is -2.43. The number of hydrogen-bond acceptors (Lipinski definition) is 5. The van der Waals surface area contributed by atoms with Gasteiger partial charge in [-0.25, -0.2) is 0 Å². The van der Waals surface area contributed by atoms with E-state index in [-0.39, 0.29) is 17.9 Å². The average molecular weight is 398 g/mol. The lowest BCUT2D eigenvalue weighted by molar-refractivity contribution is -0.145. The van der Waals surface area contributed by atoms with E-state index in [1.807, 2.05) is 36.1 Å². The maximum absolute atomic E-state index is 13.1. The minimum atomic E-state index is -0.777. The predicted molar refractivity (Wildman–Crippen MR) is 107 cm³/mol. The van der Waals surface area contributed by atoms with Crippen LogP contribution in [0.1, 0.15) is 35.3 Å². The average Bonchev–Trinajstić information content (AvgIpc) is 3.23. The largest absolute Gasteiger partial charge is 0.497 e. The summed E-state index contributed by atoms with van der Waals surface area (Å²) < 4.78 is 11.0. The number of benzene rings is 1. The second-order valence-corrected chi connectivity index (χ2v) is 7.88. The van der Waals surface area contributed by atoms with Crippen molar-refractivity contribution in [3.05, 3.63) is 35.5 Å². The van der Waals surface area contributed by atoms with Gasteiger partial charge < -0.3 is 19.5 Å². The van der Waals surface area contributed by atoms with E-state index in [1.54, 1.807) is 7.11 Å². The van der Waals surface area contributed by atoms with Crippen LogP contribution in [0.5, 0.6) is 5.75 Å². The SMILES string of the molecule is COc1ccc2cc(C(=O)N3CCC([C@@H]4OCCC4C(=O)O)CC3)c(C)nc2c1. The third-order valence-electron chi connectivity index (χ3n) is 6.19. The normalized spacial score (nSPS) is 22.8. The Morgan fingerprint density at radius 3 is 2.66 bits per heavy atom. The van der Waals surface area contributed by atoms with Gasteiger partial charge in [0, 0.05) is 31.1 Å². The summed E-state index contributed by atoms with van der Waals surface area (Å²) in [6.07, 6.45) is 1.87. The van der Waals surface area contributed by atoms with Crippen LogP contribution in [-0.4, -0.2) is 59.8 Å². The van der Waals surface area contributed by atoms with Gasteiger partial charge >= 0.3 is 5.97 Å². The van der Waals surface area contributed by atoms with Crippen molar-refractivity contribution in [1.82, 2.24) is 9.88 Å². The lowest BCUT2D eigenvalue weighted by atomic mass is 9.84. The molecule has 1 unspecified atom stereocenters. The number of fused-ring (bicyclic) bond motifs is 1. The number of carboxylic acids is 1. The summed E-state index contributed by atoms with van der Waals surface area (Å²) in [5.41, 5.74) is 2.11. The van der Waals surface area contributed by atoms with Crippen molar-refractivity contribution in [2.75, 3.05) is 26.8 Å². The maximum atomic E-state index is 13.1. The zero-order valence-corrected chi connectivity index (χ0v) is 16.8. The number of aryl methyl sites for hydroxylation is 1. The Bertz CT molecular complexity index is 936. The van der Waals surface area contributed by atoms with Crippen LogP contribution in [0.3, 0.4) is 0 Å². The number of methoxy groups -OCH3 is 1. The molecular weight excluding hydrogens is 372 g/mol. The van der Waals surface area contributed by atoms with Crippen molar-refractivity contribution in [3.63, 3.8) is 0 Å². The highest BCUT2D eigenvalue weighted by Gasteiger charge is 2.40. The standard InChI is InChI=1S/C22H26N2O5/c1-13-18(11-15-3-4-16(28-2)12-19(15)23-13)21(25)24-8-5-14(6-9-24)20-17(22(26)27)7-10-29-20/h3-4,11-12,14,17,20H,5-10H2,1-2H3,(H,26,27)/t17?,20-/m0/s1. The fourth-order valence-corrected chi connectivity index (χ4v) is 4.53. The fraction of sp³-hybridized carbons (Fsp3) is 0.500. The topological polar surface area (TPSA) is 89.0 Å². The van der Waals surface area contributed by atoms with Crippen molar-refractivity contribution in [2.24, 2.45) is 11.8 Å². The van der Waals surface area contributed by atoms with Crippen molar-refractivity contribution >= 4 is 22.8 Å². The molecule has 2 aliphatic heterocycles. The monoisotopic (exact) mass is 398 g/mol. The summed E-state index contributed by atoms with van der Waals surface area (Å²) in [4.78, 5) is 31.0. The van der Waals surface area contributed by atoms with Crippen LogP contribution in [-0.2, 0) is 9.53 Å². The number of piperidine rings is 1. The molecule has 0 bridgehead atoms. The molecule has 0 radical (unpaired) electrons. The smallest absolute Gasteiger partial charge is 0.309 e. The van der Waals surface area contributed by atoms with Crippen LogP contribution in [0.4, 0.5) is 0 Å². The molecule has 2 aliphatic rings. The first-order valence-electron chi connectivity index (χ1n) is 10.1. The number of pyridine rings is 1. The van der Waals surface area contributed by atoms with Crippen LogP contribution < -0.4 is 4.74 Å². The molecule has 1 aromatic carbocycles. The van der Waals surface area contributed by atoms with Gasteiger partial charge in [-0.05, 0) is 50.3 Å². The Morgan fingerprint density at radius 2 is 1.97 bits per heavy atom. The van der Waals surface area contributed by atoms with Gasteiger partial charge in [-0.1, -0.05) is 0 Å². The van der Waals surface area contributed by atoms with Gasteiger partial charge in [0.1, 0.15) is 5.75 Å². The third kappa shape index (κ3) is 3.79. The molecule has 7 nitrogen and oxygen atoms in total. The number of likely N-dealkylation sites (tertiary alicyclic amines) is 1. The highest BCUT2D eigenvalue weighted by atomic mass is 16.5. The van der Waals surface area contributed by atoms with Gasteiger partial charge in [0.05, 0.1) is 35.9 Å². The summed E-state index contributed by atoms with van der Waals surface area (Å²) in [5, 5.41) is 10.3. The Kier molecular flexibility index (Phi) is 5.41. The van der Waals surface area contributed by atoms with Crippen molar-refractivity contribution in [3.8, 4) is 5.75 Å². The Morgan fingerprint density at radius 1 is 1.21 bits per heavy atom. The highest BCUT2D eigenvalue weighted by molar-refractivity contribution is 5.98. The minimum absolute atomic E-state index is 0.0201. The van der Waals surface area contributed by atoms with Crippen LogP contribution in [0.25, 0.3) is 10.9 Å². The van der Waals surface area contributed by atoms with Gasteiger partial charge in [0.15, 0.2) is 0 Å². The predicted octanol–water partition coefficient (Wildman–Crippen LogP) is 2.89. The highest BCUT2D eigenvalue weighted by Crippen LogP contribution is 2.34. The Hall–Kier alpha value is -2.67. The second-order valence-electron chi connectivity index (χ2n) is 7.88. The van der Waals surface area contributed by atoms with Crippen molar-refractivity contribution in [1.29, 1.82) is 0 Å². The van der Waals surface area contributed by atoms with E-state index in [0.717, 1.165) is 29.5 Å². The lowest BCUT2D eigenvalue weighted by Gasteiger charge is -2.35. The molecule has 7 heteroatoms. The summed E-state index contributed by atoms with van der Waals surface area (Å²) >= 11 is 0. The molecular formula is C22H26N2O5. The van der Waals surface area contributed by atoms with E-state index in [4.69, 9.17) is 9.47 Å². The number of nitrogens with zero attached hydrogens (tertiary/aromatic N) is 2. The molecule has 2 saturated heterocycles. The van der Waals surface area contributed by atoms with Gasteiger partial charge in [-0.15, -0.1) is 0 Å². The zero-order valence-electron chi connectivity index (χ0n) is 16.8. The molecule has 154 valence electrons. The van der Waals surface area contributed by atoms with Crippen molar-refractivity contribution < 1.29 is 24.2 Å². The van der Waals surface area contributed by atoms with E-state index in [2.05, 4.69) is 4.98 Å². The number of carbonyl (C=O) groups excluding carboxylic acids is 1. The van der Waals surface area contributed by atoms with Crippen LogP contribution >= 0.6 is 0 Å². The summed E-state index contributed by atoms with van der Waals surface area (Å²) in [5.74, 6) is -0.301. The van der Waals surface area contributed by atoms with Crippen LogP contribution in [0.15, 0.2) is 24.3 Å². The third-order valence-corrected chi connectivity index (χ3v) is 6.19. The molecule has 0 saturated carbocycles. The number of ether oxygens (including phenoxy) is 2. The number of hydrogen-bond donors (Lipinski definition) is 1. The van der Waals surface area contributed by atoms with E-state index in [9.17, 15) is 14.7 Å². The molecule has 29 heavy (non-hydrogen) atoms. The minimum Gasteiger partial charge on any atom is -0.497 e. The molecule has 2 atom stereocenters. The Labute approximate surface area is 169 Å². The molecule has 3 heterocycles. The Balaban J connectivity index is 1.47. The van der Waals surface area contributed by atoms with Crippen LogP contribution in [0.2, 0.25) is 0 Å². The first kappa shape index (κ1) is 19.6. The quantitative estimate of drug-likeness (QED) is 0.852. The number of amides is 1. The molecule has 1 amide bonds.